The number of hydrogen-bond donors (Lipinski definition) is 0. The van der Waals surface area contributed by atoms with Crippen LogP contribution in [0.5, 0.6) is 0 Å². The van der Waals surface area contributed by atoms with Crippen LogP contribution in [0.3, 0.4) is 0 Å². The van der Waals surface area contributed by atoms with Gasteiger partial charge in [-0.3, -0.25) is 4.79 Å². The molecule has 5 nitrogen and oxygen atoms in total. The summed E-state index contributed by atoms with van der Waals surface area (Å²) in [5.41, 5.74) is -0.594. The number of carbonyl (C=O) groups is 2. The third-order valence-corrected chi connectivity index (χ3v) is 4.02. The quantitative estimate of drug-likeness (QED) is 0.746. The summed E-state index contributed by atoms with van der Waals surface area (Å²) in [7, 11) is 0. The fraction of sp³-hybridized carbons (Fsp3) is 0.867. The van der Waals surface area contributed by atoms with Gasteiger partial charge < -0.3 is 14.5 Å². The molecule has 1 aliphatic heterocycles. The maximum Gasteiger partial charge on any atom is 0.410 e. The van der Waals surface area contributed by atoms with Crippen molar-refractivity contribution < 1.29 is 23.1 Å². The molecule has 22 heavy (non-hydrogen) atoms. The Morgan fingerprint density at radius 1 is 1.09 bits per heavy atom. The van der Waals surface area contributed by atoms with E-state index in [0.717, 1.165) is 0 Å². The lowest BCUT2D eigenvalue weighted by Crippen LogP contribution is -2.60. The molecular weight excluding hydrogens is 294 g/mol. The molecule has 126 valence electrons. The summed E-state index contributed by atoms with van der Waals surface area (Å²) in [6, 6.07) is -0.560. The van der Waals surface area contributed by atoms with E-state index in [1.807, 2.05) is 0 Å². The third-order valence-electron chi connectivity index (χ3n) is 4.02. The molecular formula is C15H24F2N2O3. The van der Waals surface area contributed by atoms with Gasteiger partial charge in [-0.25, -0.2) is 13.6 Å². The predicted octanol–water partition coefficient (Wildman–Crippen LogP) is 2.50. The van der Waals surface area contributed by atoms with Crippen LogP contribution in [-0.4, -0.2) is 58.5 Å². The van der Waals surface area contributed by atoms with Gasteiger partial charge in [-0.15, -0.1) is 0 Å². The Morgan fingerprint density at radius 2 is 1.55 bits per heavy atom. The van der Waals surface area contributed by atoms with Crippen LogP contribution >= 0.6 is 0 Å². The van der Waals surface area contributed by atoms with E-state index < -0.39 is 29.4 Å². The average molecular weight is 318 g/mol. The second-order valence-corrected chi connectivity index (χ2v) is 7.34. The number of amides is 2. The lowest BCUT2D eigenvalue weighted by atomic mass is 10.1. The average Bonchev–Trinajstić information content (AvgIpc) is 2.97. The minimum Gasteiger partial charge on any atom is -0.444 e. The van der Waals surface area contributed by atoms with Gasteiger partial charge in [0.2, 0.25) is 5.91 Å². The molecule has 0 aromatic heterocycles. The van der Waals surface area contributed by atoms with Crippen molar-refractivity contribution >= 4 is 12.0 Å². The highest BCUT2D eigenvalue weighted by atomic mass is 19.3. The van der Waals surface area contributed by atoms with Crippen molar-refractivity contribution in [1.29, 1.82) is 0 Å². The van der Waals surface area contributed by atoms with Crippen molar-refractivity contribution in [3.8, 4) is 0 Å². The molecule has 0 spiro atoms. The monoisotopic (exact) mass is 318 g/mol. The predicted molar refractivity (Wildman–Crippen MR) is 76.6 cm³/mol. The fourth-order valence-electron chi connectivity index (χ4n) is 2.69. The molecule has 2 amide bonds. The van der Waals surface area contributed by atoms with Crippen molar-refractivity contribution in [3.05, 3.63) is 0 Å². The Morgan fingerprint density at radius 3 is 2.00 bits per heavy atom. The van der Waals surface area contributed by atoms with Crippen LogP contribution < -0.4 is 0 Å². The maximum atomic E-state index is 13.1. The zero-order valence-corrected chi connectivity index (χ0v) is 13.7. The summed E-state index contributed by atoms with van der Waals surface area (Å²) >= 11 is 0. The second-order valence-electron chi connectivity index (χ2n) is 7.34. The molecule has 0 aromatic rings. The smallest absolute Gasteiger partial charge is 0.410 e. The number of ether oxygens (including phenoxy) is 1. The number of nitrogens with zero attached hydrogens (tertiary/aromatic N) is 2. The Balaban J connectivity index is 2.00. The Kier molecular flexibility index (Phi) is 4.13. The van der Waals surface area contributed by atoms with Crippen molar-refractivity contribution in [1.82, 2.24) is 9.80 Å². The molecule has 2 fully saturated rings. The molecule has 1 aliphatic carbocycles. The van der Waals surface area contributed by atoms with Crippen LogP contribution in [0.25, 0.3) is 0 Å². The molecule has 0 N–H and O–H groups in total. The molecule has 0 unspecified atom stereocenters. The first-order chi connectivity index (χ1) is 9.92. The molecule has 1 saturated heterocycles. The standard InChI is InChI=1S/C15H24F2N2O3/c1-9-8-19(13(21)22-14(3,4)5)10(2)7-18(9)12(20)11-6-15(11,16)17/h9-11H,6-8H2,1-5H3/t9-,10+,11+/m1/s1. The van der Waals surface area contributed by atoms with Gasteiger partial charge in [0.15, 0.2) is 0 Å². The van der Waals surface area contributed by atoms with Crippen molar-refractivity contribution in [2.45, 2.75) is 64.6 Å². The first kappa shape index (κ1) is 17.0. The molecule has 2 rings (SSSR count). The van der Waals surface area contributed by atoms with Crippen LogP contribution in [0, 0.1) is 5.92 Å². The van der Waals surface area contributed by atoms with Gasteiger partial charge in [-0.05, 0) is 34.6 Å². The van der Waals surface area contributed by atoms with E-state index in [1.165, 1.54) is 4.90 Å². The zero-order valence-electron chi connectivity index (χ0n) is 13.7. The number of piperazine rings is 1. The SMILES string of the molecule is C[C@@H]1CN(C(=O)OC(C)(C)C)[C@@H](C)CN1C(=O)[C@@H]1CC1(F)F. The summed E-state index contributed by atoms with van der Waals surface area (Å²) in [5.74, 6) is -4.55. The Hall–Kier alpha value is -1.40. The van der Waals surface area contributed by atoms with E-state index in [9.17, 15) is 18.4 Å². The van der Waals surface area contributed by atoms with E-state index in [-0.39, 0.29) is 25.0 Å². The van der Waals surface area contributed by atoms with Crippen molar-refractivity contribution in [3.63, 3.8) is 0 Å². The third kappa shape index (κ3) is 3.50. The van der Waals surface area contributed by atoms with Gasteiger partial charge in [0.1, 0.15) is 11.5 Å². The normalized spacial score (nSPS) is 31.0. The van der Waals surface area contributed by atoms with Gasteiger partial charge in [-0.1, -0.05) is 0 Å². The van der Waals surface area contributed by atoms with Crippen molar-refractivity contribution in [2.75, 3.05) is 13.1 Å². The topological polar surface area (TPSA) is 49.9 Å². The summed E-state index contributed by atoms with van der Waals surface area (Å²) in [6.07, 6.45) is -0.796. The first-order valence-electron chi connectivity index (χ1n) is 7.60. The Bertz CT molecular complexity index is 476. The summed E-state index contributed by atoms with van der Waals surface area (Å²) < 4.78 is 31.5. The molecule has 0 aromatic carbocycles. The number of carbonyl (C=O) groups excluding carboxylic acids is 2. The van der Waals surface area contributed by atoms with Gasteiger partial charge in [0.05, 0.1) is 0 Å². The highest BCUT2D eigenvalue weighted by Gasteiger charge is 2.62. The molecule has 0 bridgehead atoms. The van der Waals surface area contributed by atoms with Gasteiger partial charge in [0, 0.05) is 31.6 Å². The lowest BCUT2D eigenvalue weighted by molar-refractivity contribution is -0.140. The highest BCUT2D eigenvalue weighted by molar-refractivity contribution is 5.83. The molecule has 2 aliphatic rings. The van der Waals surface area contributed by atoms with Crippen LogP contribution in [0.4, 0.5) is 13.6 Å². The zero-order chi connectivity index (χ0) is 16.9. The molecule has 3 atom stereocenters. The van der Waals surface area contributed by atoms with Gasteiger partial charge in [-0.2, -0.15) is 0 Å². The lowest BCUT2D eigenvalue weighted by Gasteiger charge is -2.44. The van der Waals surface area contributed by atoms with E-state index in [0.29, 0.717) is 6.54 Å². The van der Waals surface area contributed by atoms with Gasteiger partial charge >= 0.3 is 6.09 Å². The van der Waals surface area contributed by atoms with E-state index in [4.69, 9.17) is 4.74 Å². The van der Waals surface area contributed by atoms with Crippen molar-refractivity contribution in [2.24, 2.45) is 5.92 Å². The summed E-state index contributed by atoms with van der Waals surface area (Å²) in [4.78, 5) is 27.4. The summed E-state index contributed by atoms with van der Waals surface area (Å²) in [6.45, 7) is 9.46. The first-order valence-corrected chi connectivity index (χ1v) is 7.60. The largest absolute Gasteiger partial charge is 0.444 e. The number of alkyl halides is 2. The number of rotatable bonds is 1. The molecule has 1 heterocycles. The van der Waals surface area contributed by atoms with Crippen LogP contribution in [0.15, 0.2) is 0 Å². The number of halogens is 2. The second kappa shape index (κ2) is 5.35. The Labute approximate surface area is 129 Å². The van der Waals surface area contributed by atoms with Gasteiger partial charge in [0.25, 0.3) is 5.92 Å². The van der Waals surface area contributed by atoms with E-state index in [2.05, 4.69) is 0 Å². The fourth-order valence-corrected chi connectivity index (χ4v) is 2.69. The summed E-state index contributed by atoms with van der Waals surface area (Å²) in [5, 5.41) is 0. The molecule has 0 radical (unpaired) electrons. The van der Waals surface area contributed by atoms with Crippen LogP contribution in [0.2, 0.25) is 0 Å². The van der Waals surface area contributed by atoms with Crippen LogP contribution in [0.1, 0.15) is 41.0 Å². The van der Waals surface area contributed by atoms with E-state index in [1.54, 1.807) is 39.5 Å². The highest BCUT2D eigenvalue weighted by Crippen LogP contribution is 2.49. The molecule has 7 heteroatoms. The van der Waals surface area contributed by atoms with Crippen LogP contribution in [-0.2, 0) is 9.53 Å². The molecule has 1 saturated carbocycles. The minimum absolute atomic E-state index is 0.256. The minimum atomic E-state index is -2.86. The van der Waals surface area contributed by atoms with E-state index >= 15 is 0 Å². The maximum absolute atomic E-state index is 13.1. The number of hydrogen-bond acceptors (Lipinski definition) is 3.